The summed E-state index contributed by atoms with van der Waals surface area (Å²) in [5.74, 6) is 0. The maximum absolute atomic E-state index is 4.10. The first-order valence-corrected chi connectivity index (χ1v) is 7.82. The van der Waals surface area contributed by atoms with Gasteiger partial charge >= 0.3 is 0 Å². The molecule has 0 bridgehead atoms. The number of unbranched alkanes of at least 4 members (excludes halogenated alkanes) is 8. The number of rotatable bonds is 11. The van der Waals surface area contributed by atoms with Crippen LogP contribution in [0.15, 0.2) is 18.7 Å². The fourth-order valence-electron chi connectivity index (χ4n) is 2.43. The number of imidazole rings is 1. The van der Waals surface area contributed by atoms with Crippen molar-refractivity contribution in [3.63, 3.8) is 0 Å². The molecule has 1 aromatic heterocycles. The lowest BCUT2D eigenvalue weighted by molar-refractivity contribution is 0.465. The van der Waals surface area contributed by atoms with Crippen LogP contribution >= 0.6 is 0 Å². The molecule has 0 aliphatic rings. The number of hydrogen-bond donors (Lipinski definition) is 0. The molecule has 0 saturated carbocycles. The van der Waals surface area contributed by atoms with Crippen molar-refractivity contribution in [2.45, 2.75) is 84.1 Å². The van der Waals surface area contributed by atoms with Crippen LogP contribution in [0.3, 0.4) is 0 Å². The predicted octanol–water partition coefficient (Wildman–Crippen LogP) is 5.37. The summed E-state index contributed by atoms with van der Waals surface area (Å²) in [5, 5.41) is 0. The normalized spacial score (nSPS) is 12.8. The highest BCUT2D eigenvalue weighted by Crippen LogP contribution is 2.16. The minimum atomic E-state index is 0.608. The molecular formula is C16H30N2. The Hall–Kier alpha value is -0.790. The van der Waals surface area contributed by atoms with Crippen LogP contribution in [0.4, 0.5) is 0 Å². The lowest BCUT2D eigenvalue weighted by Crippen LogP contribution is -2.01. The van der Waals surface area contributed by atoms with E-state index in [-0.39, 0.29) is 0 Å². The Morgan fingerprint density at radius 2 is 1.56 bits per heavy atom. The van der Waals surface area contributed by atoms with Crippen LogP contribution in [0.5, 0.6) is 0 Å². The van der Waals surface area contributed by atoms with Gasteiger partial charge in [-0.15, -0.1) is 0 Å². The molecule has 0 spiro atoms. The van der Waals surface area contributed by atoms with Crippen LogP contribution < -0.4 is 0 Å². The van der Waals surface area contributed by atoms with Gasteiger partial charge in [0.05, 0.1) is 6.33 Å². The maximum atomic E-state index is 4.10. The minimum Gasteiger partial charge on any atom is -0.335 e. The zero-order chi connectivity index (χ0) is 13.1. The molecule has 1 atom stereocenters. The lowest BCUT2D eigenvalue weighted by Gasteiger charge is -2.12. The van der Waals surface area contributed by atoms with Crippen LogP contribution in [-0.4, -0.2) is 9.55 Å². The Morgan fingerprint density at radius 1 is 0.944 bits per heavy atom. The number of nitrogens with zero attached hydrogens (tertiary/aromatic N) is 2. The van der Waals surface area contributed by atoms with Gasteiger partial charge in [0, 0.05) is 18.4 Å². The van der Waals surface area contributed by atoms with E-state index in [1.165, 1.54) is 64.2 Å². The maximum Gasteiger partial charge on any atom is 0.0948 e. The third-order valence-corrected chi connectivity index (χ3v) is 3.76. The Bertz CT molecular complexity index is 267. The van der Waals surface area contributed by atoms with E-state index in [4.69, 9.17) is 0 Å². The second-order valence-electron chi connectivity index (χ2n) is 5.48. The molecule has 0 aliphatic carbocycles. The SMILES string of the molecule is CCCCCCCCCCCC(C)n1ccnc1. The molecule has 0 fully saturated rings. The summed E-state index contributed by atoms with van der Waals surface area (Å²) < 4.78 is 2.21. The van der Waals surface area contributed by atoms with E-state index < -0.39 is 0 Å². The molecule has 1 unspecified atom stereocenters. The van der Waals surface area contributed by atoms with Crippen molar-refractivity contribution in [3.05, 3.63) is 18.7 Å². The fourth-order valence-corrected chi connectivity index (χ4v) is 2.43. The van der Waals surface area contributed by atoms with Crippen molar-refractivity contribution in [1.29, 1.82) is 0 Å². The summed E-state index contributed by atoms with van der Waals surface area (Å²) in [6.07, 6.45) is 19.8. The number of aromatic nitrogens is 2. The van der Waals surface area contributed by atoms with Gasteiger partial charge < -0.3 is 4.57 Å². The molecule has 18 heavy (non-hydrogen) atoms. The highest BCUT2D eigenvalue weighted by molar-refractivity contribution is 4.78. The van der Waals surface area contributed by atoms with Gasteiger partial charge in [0.15, 0.2) is 0 Å². The largest absolute Gasteiger partial charge is 0.335 e. The molecule has 1 rings (SSSR count). The van der Waals surface area contributed by atoms with Crippen LogP contribution in [0, 0.1) is 0 Å². The molecular weight excluding hydrogens is 220 g/mol. The van der Waals surface area contributed by atoms with E-state index in [1.807, 2.05) is 12.5 Å². The van der Waals surface area contributed by atoms with Gasteiger partial charge in [-0.05, 0) is 13.3 Å². The molecule has 0 amide bonds. The first-order chi connectivity index (χ1) is 8.84. The van der Waals surface area contributed by atoms with Crippen molar-refractivity contribution in [1.82, 2.24) is 9.55 Å². The molecule has 0 N–H and O–H groups in total. The van der Waals surface area contributed by atoms with Crippen molar-refractivity contribution in [3.8, 4) is 0 Å². The minimum absolute atomic E-state index is 0.608. The van der Waals surface area contributed by atoms with Gasteiger partial charge in [-0.1, -0.05) is 64.7 Å². The van der Waals surface area contributed by atoms with Gasteiger partial charge in [-0.25, -0.2) is 4.98 Å². The molecule has 1 heterocycles. The van der Waals surface area contributed by atoms with E-state index in [2.05, 4.69) is 29.6 Å². The quantitative estimate of drug-likeness (QED) is 0.483. The van der Waals surface area contributed by atoms with Crippen molar-refractivity contribution in [2.24, 2.45) is 0 Å². The van der Waals surface area contributed by atoms with Gasteiger partial charge in [0.2, 0.25) is 0 Å². The lowest BCUT2D eigenvalue weighted by atomic mass is 10.0. The molecule has 2 nitrogen and oxygen atoms in total. The molecule has 2 heteroatoms. The van der Waals surface area contributed by atoms with Gasteiger partial charge in [-0.3, -0.25) is 0 Å². The summed E-state index contributed by atoms with van der Waals surface area (Å²) in [4.78, 5) is 4.10. The highest BCUT2D eigenvalue weighted by Gasteiger charge is 2.02. The van der Waals surface area contributed by atoms with Gasteiger partial charge in [0.1, 0.15) is 0 Å². The first kappa shape index (κ1) is 15.3. The molecule has 0 aliphatic heterocycles. The monoisotopic (exact) mass is 250 g/mol. The predicted molar refractivity (Wildman–Crippen MR) is 78.8 cm³/mol. The topological polar surface area (TPSA) is 17.8 Å². The first-order valence-electron chi connectivity index (χ1n) is 7.82. The molecule has 104 valence electrons. The Morgan fingerprint density at radius 3 is 2.11 bits per heavy atom. The summed E-state index contributed by atoms with van der Waals surface area (Å²) >= 11 is 0. The zero-order valence-electron chi connectivity index (χ0n) is 12.3. The third-order valence-electron chi connectivity index (χ3n) is 3.76. The Kier molecular flexibility index (Phi) is 8.62. The van der Waals surface area contributed by atoms with Crippen LogP contribution in [0.1, 0.15) is 84.1 Å². The summed E-state index contributed by atoms with van der Waals surface area (Å²) in [5.41, 5.74) is 0. The van der Waals surface area contributed by atoms with Crippen LogP contribution in [-0.2, 0) is 0 Å². The molecule has 0 aromatic carbocycles. The second kappa shape index (κ2) is 10.2. The van der Waals surface area contributed by atoms with E-state index in [0.29, 0.717) is 6.04 Å². The standard InChI is InChI=1S/C16H30N2/c1-3-4-5-6-7-8-9-10-11-12-16(2)18-14-13-17-15-18/h13-16H,3-12H2,1-2H3. The third kappa shape index (κ3) is 6.83. The Labute approximate surface area is 113 Å². The van der Waals surface area contributed by atoms with Crippen LogP contribution in [0.2, 0.25) is 0 Å². The molecule has 1 aromatic rings. The summed E-state index contributed by atoms with van der Waals surface area (Å²) in [6, 6.07) is 0.608. The van der Waals surface area contributed by atoms with E-state index in [1.54, 1.807) is 0 Å². The Balaban J connectivity index is 1.87. The van der Waals surface area contributed by atoms with Crippen LogP contribution in [0.25, 0.3) is 0 Å². The summed E-state index contributed by atoms with van der Waals surface area (Å²) in [7, 11) is 0. The average Bonchev–Trinajstić information content (AvgIpc) is 2.90. The van der Waals surface area contributed by atoms with E-state index in [9.17, 15) is 0 Å². The van der Waals surface area contributed by atoms with Gasteiger partial charge in [0.25, 0.3) is 0 Å². The highest BCUT2D eigenvalue weighted by atomic mass is 15.0. The fraction of sp³-hybridized carbons (Fsp3) is 0.812. The molecule has 0 saturated heterocycles. The summed E-state index contributed by atoms with van der Waals surface area (Å²) in [6.45, 7) is 4.56. The van der Waals surface area contributed by atoms with E-state index >= 15 is 0 Å². The second-order valence-corrected chi connectivity index (χ2v) is 5.48. The van der Waals surface area contributed by atoms with E-state index in [0.717, 1.165) is 0 Å². The van der Waals surface area contributed by atoms with Crippen molar-refractivity contribution < 1.29 is 0 Å². The zero-order valence-corrected chi connectivity index (χ0v) is 12.3. The number of hydrogen-bond acceptors (Lipinski definition) is 1. The van der Waals surface area contributed by atoms with Crippen molar-refractivity contribution in [2.75, 3.05) is 0 Å². The van der Waals surface area contributed by atoms with Gasteiger partial charge in [-0.2, -0.15) is 0 Å². The average molecular weight is 250 g/mol. The van der Waals surface area contributed by atoms with Crippen molar-refractivity contribution >= 4 is 0 Å². The smallest absolute Gasteiger partial charge is 0.0948 e. The molecule has 0 radical (unpaired) electrons.